The number of halogens is 3. The van der Waals surface area contributed by atoms with Gasteiger partial charge in [0, 0.05) is 49.4 Å². The first-order valence-electron chi connectivity index (χ1n) is 15.4. The Kier molecular flexibility index (Phi) is 7.56. The van der Waals surface area contributed by atoms with Gasteiger partial charge in [0.25, 0.3) is 5.91 Å². The number of aromatic nitrogens is 2. The summed E-state index contributed by atoms with van der Waals surface area (Å²) >= 11 is 0. The number of benzene rings is 1. The summed E-state index contributed by atoms with van der Waals surface area (Å²) in [5, 5.41) is 10.7. The SMILES string of the molecule is [C-]#[N+]C[C@H]1CN(c2c(C#N)c(OC[C@@H]3C[C@@H](F)CN3C)nc3c(F)c(-c4cccc5c4C4CC4C5)ncc23)CCN1C(=O)C(=C)F. The normalized spacial score (nSPS) is 25.1. The maximum Gasteiger partial charge on any atom is 0.282 e. The first-order valence-corrected chi connectivity index (χ1v) is 15.4. The van der Waals surface area contributed by atoms with Gasteiger partial charge in [0.2, 0.25) is 12.4 Å². The Bertz CT molecular complexity index is 1850. The number of pyridine rings is 2. The molecule has 4 aliphatic rings. The number of nitriles is 1. The van der Waals surface area contributed by atoms with E-state index in [1.54, 1.807) is 11.9 Å². The molecule has 12 heteroatoms. The summed E-state index contributed by atoms with van der Waals surface area (Å²) in [6.45, 7) is 11.0. The number of likely N-dealkylation sites (tertiary alicyclic amines) is 1. The Balaban J connectivity index is 1.35. The second-order valence-electron chi connectivity index (χ2n) is 12.7. The van der Waals surface area contributed by atoms with Crippen molar-refractivity contribution in [2.24, 2.45) is 5.92 Å². The van der Waals surface area contributed by atoms with Gasteiger partial charge in [-0.3, -0.25) is 14.7 Å². The molecule has 0 radical (unpaired) electrons. The van der Waals surface area contributed by atoms with Crippen LogP contribution < -0.4 is 9.64 Å². The molecular formula is C34H32F3N7O2. The van der Waals surface area contributed by atoms with Crippen LogP contribution in [0.1, 0.15) is 35.4 Å². The van der Waals surface area contributed by atoms with Crippen LogP contribution in [0.3, 0.4) is 0 Å². The molecule has 0 N–H and O–H groups in total. The third kappa shape index (κ3) is 5.01. The lowest BCUT2D eigenvalue weighted by molar-refractivity contribution is -0.131. The number of hydrogen-bond donors (Lipinski definition) is 0. The van der Waals surface area contributed by atoms with Gasteiger partial charge in [0.1, 0.15) is 41.7 Å². The zero-order valence-corrected chi connectivity index (χ0v) is 25.3. The molecule has 2 aliphatic heterocycles. The van der Waals surface area contributed by atoms with Crippen LogP contribution in [-0.4, -0.2) is 90.3 Å². The highest BCUT2D eigenvalue weighted by molar-refractivity contribution is 5.98. The minimum Gasteiger partial charge on any atom is -0.475 e. The van der Waals surface area contributed by atoms with Crippen molar-refractivity contribution >= 4 is 22.5 Å². The molecule has 1 saturated carbocycles. The number of alkyl halides is 1. The molecule has 3 aromatic rings. The van der Waals surface area contributed by atoms with Gasteiger partial charge in [0.15, 0.2) is 11.6 Å². The summed E-state index contributed by atoms with van der Waals surface area (Å²) in [7, 11) is 1.79. The lowest BCUT2D eigenvalue weighted by Gasteiger charge is -2.40. The molecule has 1 aromatic carbocycles. The highest BCUT2D eigenvalue weighted by Crippen LogP contribution is 2.58. The average Bonchev–Trinajstić information content (AvgIpc) is 3.58. The third-order valence-corrected chi connectivity index (χ3v) is 9.90. The zero-order valence-electron chi connectivity index (χ0n) is 25.3. The molecule has 2 aliphatic carbocycles. The fraction of sp³-hybridized carbons (Fsp3) is 0.441. The number of nitrogens with zero attached hydrogens (tertiary/aromatic N) is 7. The van der Waals surface area contributed by atoms with E-state index in [1.165, 1.54) is 16.7 Å². The minimum absolute atomic E-state index is 0.0301. The second kappa shape index (κ2) is 11.6. The fourth-order valence-electron chi connectivity index (χ4n) is 7.54. The Labute approximate surface area is 264 Å². The van der Waals surface area contributed by atoms with E-state index in [1.807, 2.05) is 17.0 Å². The molecule has 2 aromatic heterocycles. The Morgan fingerprint density at radius 3 is 2.80 bits per heavy atom. The molecule has 7 rings (SSSR count). The molecule has 3 fully saturated rings. The highest BCUT2D eigenvalue weighted by Gasteiger charge is 2.46. The zero-order chi connectivity index (χ0) is 32.3. The van der Waals surface area contributed by atoms with E-state index >= 15 is 4.39 Å². The first-order chi connectivity index (χ1) is 22.2. The van der Waals surface area contributed by atoms with E-state index in [0.717, 1.165) is 24.0 Å². The van der Waals surface area contributed by atoms with Crippen molar-refractivity contribution in [3.8, 4) is 23.2 Å². The summed E-state index contributed by atoms with van der Waals surface area (Å²) in [6.07, 6.45) is 2.83. The number of amides is 1. The number of fused-ring (bicyclic) bond motifs is 4. The van der Waals surface area contributed by atoms with Crippen LogP contribution in [0.15, 0.2) is 36.8 Å². The van der Waals surface area contributed by atoms with Gasteiger partial charge in [-0.15, -0.1) is 0 Å². The molecule has 46 heavy (non-hydrogen) atoms. The number of ether oxygens (including phenoxy) is 1. The third-order valence-electron chi connectivity index (χ3n) is 9.90. The summed E-state index contributed by atoms with van der Waals surface area (Å²) in [5.41, 5.74) is 3.56. The number of carbonyl (C=O) groups is 1. The Morgan fingerprint density at radius 1 is 1.26 bits per heavy atom. The number of hydrogen-bond acceptors (Lipinski definition) is 7. The van der Waals surface area contributed by atoms with Crippen LogP contribution in [0, 0.1) is 29.6 Å². The van der Waals surface area contributed by atoms with Crippen LogP contribution >= 0.6 is 0 Å². The largest absolute Gasteiger partial charge is 0.475 e. The molecule has 4 heterocycles. The summed E-state index contributed by atoms with van der Waals surface area (Å²) in [5.74, 6) is -1.77. The molecule has 2 saturated heterocycles. The number of piperazine rings is 1. The predicted octanol–water partition coefficient (Wildman–Crippen LogP) is 4.81. The van der Waals surface area contributed by atoms with Crippen LogP contribution in [-0.2, 0) is 11.2 Å². The molecule has 0 spiro atoms. The maximum atomic E-state index is 16.8. The molecular weight excluding hydrogens is 595 g/mol. The topological polar surface area (TPSA) is 90.0 Å². The molecule has 0 bridgehead atoms. The Morgan fingerprint density at radius 2 is 2.09 bits per heavy atom. The van der Waals surface area contributed by atoms with E-state index in [0.29, 0.717) is 17.5 Å². The first kappa shape index (κ1) is 30.0. The molecule has 9 nitrogen and oxygen atoms in total. The molecule has 1 amide bonds. The van der Waals surface area contributed by atoms with Crippen molar-refractivity contribution in [3.05, 3.63) is 70.7 Å². The van der Waals surface area contributed by atoms with Crippen LogP contribution in [0.5, 0.6) is 5.88 Å². The number of likely N-dealkylation sites (N-methyl/N-ethyl adjacent to an activating group) is 1. The summed E-state index contributed by atoms with van der Waals surface area (Å²) < 4.78 is 50.8. The van der Waals surface area contributed by atoms with Crippen molar-refractivity contribution < 1.29 is 22.7 Å². The second-order valence-corrected chi connectivity index (χ2v) is 12.7. The number of rotatable bonds is 7. The number of anilines is 1. The van der Waals surface area contributed by atoms with Crippen LogP contribution in [0.25, 0.3) is 27.0 Å². The average molecular weight is 628 g/mol. The van der Waals surface area contributed by atoms with E-state index < -0.39 is 29.8 Å². The van der Waals surface area contributed by atoms with Crippen molar-refractivity contribution in [2.45, 2.75) is 43.4 Å². The summed E-state index contributed by atoms with van der Waals surface area (Å²) in [6, 6.07) is 7.08. The quantitative estimate of drug-likeness (QED) is 0.275. The summed E-state index contributed by atoms with van der Waals surface area (Å²) in [4.78, 5) is 30.1. The van der Waals surface area contributed by atoms with E-state index in [9.17, 15) is 18.8 Å². The van der Waals surface area contributed by atoms with Gasteiger partial charge >= 0.3 is 0 Å². The van der Waals surface area contributed by atoms with Crippen molar-refractivity contribution in [1.82, 2.24) is 19.8 Å². The molecule has 2 unspecified atom stereocenters. The van der Waals surface area contributed by atoms with Gasteiger partial charge in [-0.05, 0) is 49.3 Å². The number of carbonyl (C=O) groups excluding carboxylic acids is 1. The maximum absolute atomic E-state index is 16.8. The predicted molar refractivity (Wildman–Crippen MR) is 165 cm³/mol. The Hall–Kier alpha value is -4.68. The van der Waals surface area contributed by atoms with Gasteiger partial charge in [-0.2, -0.15) is 5.26 Å². The van der Waals surface area contributed by atoms with Gasteiger partial charge < -0.3 is 19.4 Å². The molecule has 236 valence electrons. The fourth-order valence-corrected chi connectivity index (χ4v) is 7.54. The highest BCUT2D eigenvalue weighted by atomic mass is 19.1. The van der Waals surface area contributed by atoms with E-state index in [-0.39, 0.29) is 79.8 Å². The van der Waals surface area contributed by atoms with Crippen LogP contribution in [0.2, 0.25) is 0 Å². The lowest BCUT2D eigenvalue weighted by Crippen LogP contribution is -2.56. The monoisotopic (exact) mass is 627 g/mol. The lowest BCUT2D eigenvalue weighted by atomic mass is 9.96. The standard InChI is InChI=1S/C34H32F3N7O2/c1-18(35)34(45)44-8-7-43(16-23(44)13-39-2)32-26(12-38)33(46-17-22-11-21(36)15-42(22)3)41-31-27(32)14-40-30(29(31)37)24-6-4-5-19-9-20-10-25(20)28(19)24/h4-6,14,20-23,25H,1,7-11,13,15-17H2,3H3/t20?,21-,22+,23+,25?/m1/s1. The van der Waals surface area contributed by atoms with Gasteiger partial charge in [0.05, 0.1) is 5.69 Å². The molecule has 5 atom stereocenters. The van der Waals surface area contributed by atoms with Crippen molar-refractivity contribution in [2.75, 3.05) is 51.3 Å². The van der Waals surface area contributed by atoms with Gasteiger partial charge in [-0.25, -0.2) is 24.7 Å². The smallest absolute Gasteiger partial charge is 0.282 e. The van der Waals surface area contributed by atoms with Crippen molar-refractivity contribution in [3.63, 3.8) is 0 Å². The van der Waals surface area contributed by atoms with Crippen LogP contribution in [0.4, 0.5) is 18.9 Å². The van der Waals surface area contributed by atoms with Crippen molar-refractivity contribution in [1.29, 1.82) is 5.26 Å². The minimum atomic E-state index is -1.12. The van der Waals surface area contributed by atoms with E-state index in [2.05, 4.69) is 33.5 Å². The van der Waals surface area contributed by atoms with Gasteiger partial charge in [-0.1, -0.05) is 24.8 Å². The van der Waals surface area contributed by atoms with E-state index in [4.69, 9.17) is 11.3 Å².